The molecule has 0 unspecified atom stereocenters. The second-order valence-electron chi connectivity index (χ2n) is 4.36. The third-order valence-electron chi connectivity index (χ3n) is 3.08. The van der Waals surface area contributed by atoms with E-state index in [9.17, 15) is 10.1 Å². The van der Waals surface area contributed by atoms with Gasteiger partial charge in [-0.1, -0.05) is 0 Å². The van der Waals surface area contributed by atoms with Crippen LogP contribution in [-0.4, -0.2) is 32.4 Å². The van der Waals surface area contributed by atoms with Gasteiger partial charge in [-0.25, -0.2) is 4.98 Å². The minimum Gasteiger partial charge on any atom is -0.368 e. The molecule has 18 heavy (non-hydrogen) atoms. The van der Waals surface area contributed by atoms with Gasteiger partial charge in [0.25, 0.3) is 0 Å². The fourth-order valence-corrected chi connectivity index (χ4v) is 2.49. The maximum absolute atomic E-state index is 11.0. The van der Waals surface area contributed by atoms with E-state index in [0.717, 1.165) is 12.8 Å². The van der Waals surface area contributed by atoms with Crippen molar-refractivity contribution in [1.29, 1.82) is 0 Å². The minimum atomic E-state index is -0.476. The summed E-state index contributed by atoms with van der Waals surface area (Å²) < 4.78 is 0.196. The molecule has 0 aliphatic heterocycles. The number of hydrogen-bond donors (Lipinski definition) is 2. The van der Waals surface area contributed by atoms with E-state index in [1.165, 1.54) is 0 Å². The van der Waals surface area contributed by atoms with E-state index >= 15 is 0 Å². The zero-order valence-electron chi connectivity index (χ0n) is 10.3. The van der Waals surface area contributed by atoms with Gasteiger partial charge in [0.1, 0.15) is 5.69 Å². The van der Waals surface area contributed by atoms with Crippen LogP contribution in [0.15, 0.2) is 0 Å². The van der Waals surface area contributed by atoms with Crippen molar-refractivity contribution < 1.29 is 4.92 Å². The normalized spacial score (nSPS) is 16.3. The zero-order chi connectivity index (χ0) is 13.3. The highest BCUT2D eigenvalue weighted by Crippen LogP contribution is 2.47. The van der Waals surface area contributed by atoms with E-state index in [4.69, 9.17) is 5.73 Å². The molecule has 0 saturated heterocycles. The lowest BCUT2D eigenvalue weighted by Crippen LogP contribution is -2.19. The molecule has 0 aromatic carbocycles. The molecule has 1 aliphatic carbocycles. The van der Waals surface area contributed by atoms with E-state index in [1.54, 1.807) is 18.7 Å². The van der Waals surface area contributed by atoms with Gasteiger partial charge in [0, 0.05) is 11.3 Å². The van der Waals surface area contributed by atoms with Crippen molar-refractivity contribution in [2.24, 2.45) is 0 Å². The summed E-state index contributed by atoms with van der Waals surface area (Å²) in [6.45, 7) is 2.22. The quantitative estimate of drug-likeness (QED) is 0.617. The van der Waals surface area contributed by atoms with E-state index in [2.05, 4.69) is 15.3 Å². The topological polar surface area (TPSA) is 107 Å². The van der Waals surface area contributed by atoms with E-state index < -0.39 is 4.92 Å². The fraction of sp³-hybridized carbons (Fsp3) is 0.600. The van der Waals surface area contributed by atoms with Crippen LogP contribution in [0.1, 0.15) is 18.5 Å². The molecule has 1 aromatic heterocycles. The highest BCUT2D eigenvalue weighted by molar-refractivity contribution is 8.00. The summed E-state index contributed by atoms with van der Waals surface area (Å²) in [5.41, 5.74) is 5.71. The predicted molar refractivity (Wildman–Crippen MR) is 71.8 cm³/mol. The Kier molecular flexibility index (Phi) is 3.29. The lowest BCUT2D eigenvalue weighted by Gasteiger charge is -2.14. The SMILES string of the molecule is CSC1(CNc2nc(N)nc(C)c2[N+](=O)[O-])CC1. The van der Waals surface area contributed by atoms with Crippen LogP contribution in [0.25, 0.3) is 0 Å². The molecule has 0 atom stereocenters. The fourth-order valence-electron chi connectivity index (χ4n) is 1.77. The Morgan fingerprint density at radius 2 is 2.22 bits per heavy atom. The predicted octanol–water partition coefficient (Wildman–Crippen LogP) is 1.58. The first kappa shape index (κ1) is 12.9. The molecule has 98 valence electrons. The molecule has 2 rings (SSSR count). The van der Waals surface area contributed by atoms with Crippen LogP contribution in [0, 0.1) is 17.0 Å². The third-order valence-corrected chi connectivity index (χ3v) is 4.50. The van der Waals surface area contributed by atoms with Gasteiger partial charge in [0.15, 0.2) is 0 Å². The molecule has 0 bridgehead atoms. The molecule has 3 N–H and O–H groups in total. The molecule has 0 radical (unpaired) electrons. The number of nitrogen functional groups attached to an aromatic ring is 1. The van der Waals surface area contributed by atoms with Gasteiger partial charge in [-0.2, -0.15) is 16.7 Å². The maximum Gasteiger partial charge on any atom is 0.332 e. The minimum absolute atomic E-state index is 0.0506. The Balaban J connectivity index is 2.23. The highest BCUT2D eigenvalue weighted by atomic mass is 32.2. The van der Waals surface area contributed by atoms with Crippen molar-refractivity contribution >= 4 is 29.2 Å². The summed E-state index contributed by atoms with van der Waals surface area (Å²) in [7, 11) is 0. The smallest absolute Gasteiger partial charge is 0.332 e. The standard InChI is InChI=1S/C10H15N5O2S/c1-6-7(15(16)17)8(14-9(11)13-6)12-5-10(18-2)3-4-10/h3-5H2,1-2H3,(H3,11,12,13,14). The zero-order valence-corrected chi connectivity index (χ0v) is 11.1. The van der Waals surface area contributed by atoms with Crippen LogP contribution in [0.3, 0.4) is 0 Å². The molecule has 1 fully saturated rings. The van der Waals surface area contributed by atoms with Crippen LogP contribution in [-0.2, 0) is 0 Å². The molecule has 1 aliphatic rings. The van der Waals surface area contributed by atoms with Gasteiger partial charge < -0.3 is 11.1 Å². The number of nitrogens with zero attached hydrogens (tertiary/aromatic N) is 3. The van der Waals surface area contributed by atoms with Crippen molar-refractivity contribution in [2.75, 3.05) is 23.9 Å². The molecule has 7 nitrogen and oxygen atoms in total. The molecular formula is C10H15N5O2S. The maximum atomic E-state index is 11.0. The van der Waals surface area contributed by atoms with Gasteiger partial charge >= 0.3 is 5.69 Å². The number of nitrogens with two attached hydrogens (primary N) is 1. The summed E-state index contributed by atoms with van der Waals surface area (Å²) in [5.74, 6) is 0.264. The summed E-state index contributed by atoms with van der Waals surface area (Å²) in [5, 5.41) is 14.0. The first-order valence-electron chi connectivity index (χ1n) is 5.55. The first-order valence-corrected chi connectivity index (χ1v) is 6.77. The number of nitrogens with one attached hydrogen (secondary N) is 1. The summed E-state index contributed by atoms with van der Waals surface area (Å²) in [6.07, 6.45) is 4.28. The largest absolute Gasteiger partial charge is 0.368 e. The van der Waals surface area contributed by atoms with Crippen molar-refractivity contribution in [3.63, 3.8) is 0 Å². The van der Waals surface area contributed by atoms with E-state index in [1.807, 2.05) is 6.26 Å². The van der Waals surface area contributed by atoms with Gasteiger partial charge in [-0.05, 0) is 26.0 Å². The van der Waals surface area contributed by atoms with E-state index in [-0.39, 0.29) is 27.9 Å². The average Bonchev–Trinajstić information content (AvgIpc) is 3.05. The lowest BCUT2D eigenvalue weighted by atomic mass is 10.3. The third kappa shape index (κ3) is 2.47. The van der Waals surface area contributed by atoms with Crippen LogP contribution in [0.2, 0.25) is 0 Å². The first-order chi connectivity index (χ1) is 8.47. The van der Waals surface area contributed by atoms with Crippen molar-refractivity contribution in [1.82, 2.24) is 9.97 Å². The van der Waals surface area contributed by atoms with Gasteiger partial charge in [-0.15, -0.1) is 0 Å². The Bertz CT molecular complexity index is 489. The average molecular weight is 269 g/mol. The molecule has 1 heterocycles. The number of aromatic nitrogens is 2. The molecule has 1 aromatic rings. The molecule has 0 amide bonds. The summed E-state index contributed by atoms with van der Waals surface area (Å²) >= 11 is 1.77. The Hall–Kier alpha value is -1.57. The lowest BCUT2D eigenvalue weighted by molar-refractivity contribution is -0.385. The van der Waals surface area contributed by atoms with Gasteiger partial charge in [0.05, 0.1) is 4.92 Å². The number of rotatable bonds is 5. The number of nitro groups is 1. The monoisotopic (exact) mass is 269 g/mol. The number of hydrogen-bond acceptors (Lipinski definition) is 7. The van der Waals surface area contributed by atoms with Crippen LogP contribution >= 0.6 is 11.8 Å². The van der Waals surface area contributed by atoms with Crippen LogP contribution < -0.4 is 11.1 Å². The Morgan fingerprint density at radius 1 is 1.56 bits per heavy atom. The number of aryl methyl sites for hydroxylation is 1. The second kappa shape index (κ2) is 4.60. The summed E-state index contributed by atoms with van der Waals surface area (Å²) in [4.78, 5) is 18.3. The van der Waals surface area contributed by atoms with Crippen LogP contribution in [0.4, 0.5) is 17.5 Å². The summed E-state index contributed by atoms with van der Waals surface area (Å²) in [6, 6.07) is 0. The second-order valence-corrected chi connectivity index (χ2v) is 5.64. The Morgan fingerprint density at radius 3 is 2.72 bits per heavy atom. The molecule has 1 saturated carbocycles. The number of thioether (sulfide) groups is 1. The highest BCUT2D eigenvalue weighted by Gasteiger charge is 2.42. The van der Waals surface area contributed by atoms with Crippen molar-refractivity contribution in [2.45, 2.75) is 24.5 Å². The van der Waals surface area contributed by atoms with Gasteiger partial charge in [-0.3, -0.25) is 10.1 Å². The number of anilines is 2. The molecule has 0 spiro atoms. The molecular weight excluding hydrogens is 254 g/mol. The van der Waals surface area contributed by atoms with Crippen LogP contribution in [0.5, 0.6) is 0 Å². The Labute approximate surface area is 109 Å². The van der Waals surface area contributed by atoms with Gasteiger partial charge in [0.2, 0.25) is 11.8 Å². The van der Waals surface area contributed by atoms with Crippen molar-refractivity contribution in [3.8, 4) is 0 Å². The molecule has 8 heteroatoms. The van der Waals surface area contributed by atoms with Crippen molar-refractivity contribution in [3.05, 3.63) is 15.8 Å². The van der Waals surface area contributed by atoms with E-state index in [0.29, 0.717) is 6.54 Å².